The monoisotopic (exact) mass is 425 g/mol. The number of nitrogens with one attached hydrogen (secondary N) is 1. The molecule has 1 amide bonds. The molecule has 0 spiro atoms. The summed E-state index contributed by atoms with van der Waals surface area (Å²) in [6.07, 6.45) is 3.09. The van der Waals surface area contributed by atoms with Crippen molar-refractivity contribution in [3.8, 4) is 0 Å². The van der Waals surface area contributed by atoms with Crippen molar-refractivity contribution in [3.05, 3.63) is 63.6 Å². The largest absolute Gasteiger partial charge is 0.271 e. The molecular formula is C18H17Cl2N3O3S. The van der Waals surface area contributed by atoms with Crippen LogP contribution in [-0.4, -0.2) is 37.9 Å². The van der Waals surface area contributed by atoms with Gasteiger partial charge >= 0.3 is 0 Å². The maximum absolute atomic E-state index is 12.6. The van der Waals surface area contributed by atoms with E-state index >= 15 is 0 Å². The van der Waals surface area contributed by atoms with E-state index in [1.54, 1.807) is 18.2 Å². The molecule has 0 radical (unpaired) electrons. The molecule has 0 saturated carbocycles. The average Bonchev–Trinajstić information content (AvgIpc) is 3.19. The molecule has 1 saturated heterocycles. The van der Waals surface area contributed by atoms with Crippen LogP contribution in [0.1, 0.15) is 28.8 Å². The van der Waals surface area contributed by atoms with Gasteiger partial charge < -0.3 is 0 Å². The van der Waals surface area contributed by atoms with Gasteiger partial charge in [0.25, 0.3) is 5.91 Å². The van der Waals surface area contributed by atoms with Crippen molar-refractivity contribution in [2.24, 2.45) is 5.10 Å². The predicted molar refractivity (Wildman–Crippen MR) is 106 cm³/mol. The van der Waals surface area contributed by atoms with Crippen LogP contribution in [0.2, 0.25) is 10.0 Å². The molecule has 9 heteroatoms. The second-order valence-corrected chi connectivity index (χ2v) is 8.79. The highest BCUT2D eigenvalue weighted by molar-refractivity contribution is 7.89. The van der Waals surface area contributed by atoms with Crippen LogP contribution in [0, 0.1) is 0 Å². The topological polar surface area (TPSA) is 78.8 Å². The number of rotatable bonds is 5. The zero-order valence-corrected chi connectivity index (χ0v) is 16.6. The van der Waals surface area contributed by atoms with E-state index in [0.29, 0.717) is 28.7 Å². The van der Waals surface area contributed by atoms with Crippen LogP contribution in [0.3, 0.4) is 0 Å². The Morgan fingerprint density at radius 3 is 2.56 bits per heavy atom. The number of carbonyl (C=O) groups excluding carboxylic acids is 1. The third kappa shape index (κ3) is 4.68. The van der Waals surface area contributed by atoms with Crippen LogP contribution in [0.25, 0.3) is 0 Å². The van der Waals surface area contributed by atoms with Gasteiger partial charge in [-0.1, -0.05) is 35.3 Å². The zero-order chi connectivity index (χ0) is 19.4. The first-order chi connectivity index (χ1) is 12.9. The molecule has 0 aliphatic carbocycles. The molecule has 3 rings (SSSR count). The normalized spacial score (nSPS) is 15.3. The Hall–Kier alpha value is -1.93. The van der Waals surface area contributed by atoms with Gasteiger partial charge in [0.1, 0.15) is 0 Å². The van der Waals surface area contributed by atoms with Gasteiger partial charge in [-0.3, -0.25) is 4.79 Å². The number of carbonyl (C=O) groups is 1. The Morgan fingerprint density at radius 2 is 1.85 bits per heavy atom. The lowest BCUT2D eigenvalue weighted by Gasteiger charge is -2.15. The van der Waals surface area contributed by atoms with Crippen molar-refractivity contribution in [2.75, 3.05) is 13.1 Å². The van der Waals surface area contributed by atoms with E-state index in [9.17, 15) is 13.2 Å². The van der Waals surface area contributed by atoms with E-state index in [2.05, 4.69) is 10.5 Å². The molecular weight excluding hydrogens is 409 g/mol. The van der Waals surface area contributed by atoms with E-state index in [1.807, 2.05) is 0 Å². The quantitative estimate of drug-likeness (QED) is 0.587. The molecule has 0 aromatic heterocycles. The fourth-order valence-corrected chi connectivity index (χ4v) is 4.73. The van der Waals surface area contributed by atoms with Crippen molar-refractivity contribution in [1.82, 2.24) is 9.73 Å². The maximum Gasteiger partial charge on any atom is 0.271 e. The Kier molecular flexibility index (Phi) is 6.16. The second kappa shape index (κ2) is 8.39. The van der Waals surface area contributed by atoms with Crippen LogP contribution < -0.4 is 5.43 Å². The highest BCUT2D eigenvalue weighted by atomic mass is 35.5. The number of benzene rings is 2. The third-order valence-corrected chi connectivity index (χ3v) is 6.59. The molecule has 1 aliphatic rings. The van der Waals surface area contributed by atoms with Crippen molar-refractivity contribution in [1.29, 1.82) is 0 Å². The van der Waals surface area contributed by atoms with Crippen LogP contribution >= 0.6 is 23.2 Å². The van der Waals surface area contributed by atoms with Crippen molar-refractivity contribution >= 4 is 45.3 Å². The van der Waals surface area contributed by atoms with E-state index in [0.717, 1.165) is 12.8 Å². The van der Waals surface area contributed by atoms with Crippen molar-refractivity contribution in [2.45, 2.75) is 17.7 Å². The minimum absolute atomic E-state index is 0.0989. The molecule has 27 heavy (non-hydrogen) atoms. The molecule has 142 valence electrons. The first-order valence-electron chi connectivity index (χ1n) is 8.26. The van der Waals surface area contributed by atoms with Gasteiger partial charge in [-0.05, 0) is 43.2 Å². The Morgan fingerprint density at radius 1 is 1.11 bits per heavy atom. The van der Waals surface area contributed by atoms with Crippen LogP contribution in [0.4, 0.5) is 0 Å². The molecule has 0 atom stereocenters. The number of nitrogens with zero attached hydrogens (tertiary/aromatic N) is 2. The van der Waals surface area contributed by atoms with Gasteiger partial charge in [0.05, 0.1) is 16.1 Å². The lowest BCUT2D eigenvalue weighted by Crippen LogP contribution is -2.28. The summed E-state index contributed by atoms with van der Waals surface area (Å²) in [6.45, 7) is 1.01. The summed E-state index contributed by atoms with van der Waals surface area (Å²) in [5.41, 5.74) is 3.16. The Bertz CT molecular complexity index is 987. The zero-order valence-electron chi connectivity index (χ0n) is 14.2. The molecule has 1 fully saturated rings. The summed E-state index contributed by atoms with van der Waals surface area (Å²) in [5.74, 6) is -0.519. The van der Waals surface area contributed by atoms with E-state index < -0.39 is 15.9 Å². The molecule has 0 unspecified atom stereocenters. The molecule has 2 aromatic carbocycles. The molecule has 1 aliphatic heterocycles. The van der Waals surface area contributed by atoms with E-state index in [1.165, 1.54) is 34.8 Å². The predicted octanol–water partition coefficient (Wildman–Crippen LogP) is 3.54. The fraction of sp³-hybridized carbons (Fsp3) is 0.222. The summed E-state index contributed by atoms with van der Waals surface area (Å²) in [7, 11) is -3.58. The average molecular weight is 426 g/mol. The summed E-state index contributed by atoms with van der Waals surface area (Å²) in [4.78, 5) is 12.4. The van der Waals surface area contributed by atoms with Gasteiger partial charge in [0, 0.05) is 29.2 Å². The van der Waals surface area contributed by atoms with Gasteiger partial charge in [-0.25, -0.2) is 13.8 Å². The van der Waals surface area contributed by atoms with Crippen molar-refractivity contribution < 1.29 is 13.2 Å². The van der Waals surface area contributed by atoms with Crippen LogP contribution in [-0.2, 0) is 10.0 Å². The summed E-state index contributed by atoms with van der Waals surface area (Å²) < 4.78 is 26.7. The van der Waals surface area contributed by atoms with Gasteiger partial charge in [-0.15, -0.1) is 0 Å². The minimum atomic E-state index is -3.58. The van der Waals surface area contributed by atoms with Gasteiger partial charge in [0.2, 0.25) is 10.0 Å². The van der Waals surface area contributed by atoms with E-state index in [4.69, 9.17) is 23.2 Å². The fourth-order valence-electron chi connectivity index (χ4n) is 2.71. The van der Waals surface area contributed by atoms with Gasteiger partial charge in [-0.2, -0.15) is 9.41 Å². The lowest BCUT2D eigenvalue weighted by molar-refractivity contribution is 0.0955. The molecule has 6 nitrogen and oxygen atoms in total. The Labute approximate surface area is 167 Å². The number of amides is 1. The highest BCUT2D eigenvalue weighted by Gasteiger charge is 2.27. The summed E-state index contributed by atoms with van der Waals surface area (Å²) in [6, 6.07) is 10.8. The summed E-state index contributed by atoms with van der Waals surface area (Å²) >= 11 is 11.9. The lowest BCUT2D eigenvalue weighted by atomic mass is 10.2. The molecule has 1 heterocycles. The molecule has 1 N–H and O–H groups in total. The number of hydrogen-bond donors (Lipinski definition) is 1. The minimum Gasteiger partial charge on any atom is -0.267 e. The number of hydrazone groups is 1. The Balaban J connectivity index is 1.73. The number of hydrogen-bond acceptors (Lipinski definition) is 4. The standard InChI is InChI=1S/C18H17Cl2N3O3S/c19-15-7-6-14(17(20)11-15)12-21-22-18(24)13-4-3-5-16(10-13)27(25,26)23-8-1-2-9-23/h3-7,10-12H,1-2,8-9H2,(H,22,24). The second-order valence-electron chi connectivity index (χ2n) is 6.00. The highest BCUT2D eigenvalue weighted by Crippen LogP contribution is 2.22. The SMILES string of the molecule is O=C(NN=Cc1ccc(Cl)cc1Cl)c1cccc(S(=O)(=O)N2CCCC2)c1. The first-order valence-corrected chi connectivity index (χ1v) is 10.5. The third-order valence-electron chi connectivity index (χ3n) is 4.13. The number of sulfonamides is 1. The van der Waals surface area contributed by atoms with Crippen LogP contribution in [0.5, 0.6) is 0 Å². The van der Waals surface area contributed by atoms with E-state index in [-0.39, 0.29) is 10.5 Å². The summed E-state index contributed by atoms with van der Waals surface area (Å²) in [5, 5.41) is 4.77. The molecule has 2 aromatic rings. The molecule has 0 bridgehead atoms. The van der Waals surface area contributed by atoms with Crippen molar-refractivity contribution in [3.63, 3.8) is 0 Å². The smallest absolute Gasteiger partial charge is 0.267 e. The first kappa shape index (κ1) is 19.8. The van der Waals surface area contributed by atoms with Gasteiger partial charge in [0.15, 0.2) is 0 Å². The van der Waals surface area contributed by atoms with Crippen LogP contribution in [0.15, 0.2) is 52.5 Å². The number of halogens is 2. The maximum atomic E-state index is 12.6.